The Balaban J connectivity index is 1.31. The molecule has 3 heterocycles. The van der Waals surface area contributed by atoms with E-state index >= 15 is 0 Å². The molecule has 0 bridgehead atoms. The minimum absolute atomic E-state index is 0.236. The van der Waals surface area contributed by atoms with Gasteiger partial charge in [0, 0.05) is 28.0 Å². The molecule has 6 nitrogen and oxygen atoms in total. The highest BCUT2D eigenvalue weighted by molar-refractivity contribution is 7.10. The summed E-state index contributed by atoms with van der Waals surface area (Å²) in [6, 6.07) is 13.7. The van der Waals surface area contributed by atoms with E-state index < -0.39 is 0 Å². The molecule has 2 aromatic carbocycles. The Hall–Kier alpha value is -3.19. The predicted molar refractivity (Wildman–Crippen MR) is 104 cm³/mol. The lowest BCUT2D eigenvalue weighted by Gasteiger charge is -1.99. The van der Waals surface area contributed by atoms with E-state index in [4.69, 9.17) is 19.0 Å². The molecule has 6 rings (SSSR count). The molecule has 138 valence electrons. The highest BCUT2D eigenvalue weighted by atomic mass is 32.1. The van der Waals surface area contributed by atoms with Crippen LogP contribution in [0.5, 0.6) is 11.5 Å². The van der Waals surface area contributed by atoms with E-state index in [1.165, 1.54) is 17.8 Å². The maximum atomic E-state index is 5.48. The molecule has 28 heavy (non-hydrogen) atoms. The van der Waals surface area contributed by atoms with Crippen LogP contribution in [-0.2, 0) is 0 Å². The molecule has 0 N–H and O–H groups in total. The monoisotopic (exact) mass is 389 g/mol. The first-order valence-corrected chi connectivity index (χ1v) is 10.0. The number of fused-ring (bicyclic) bond motifs is 1. The molecule has 0 atom stereocenters. The van der Waals surface area contributed by atoms with Gasteiger partial charge in [-0.05, 0) is 37.1 Å². The van der Waals surface area contributed by atoms with Gasteiger partial charge in [0.1, 0.15) is 0 Å². The van der Waals surface area contributed by atoms with Gasteiger partial charge < -0.3 is 14.0 Å². The summed E-state index contributed by atoms with van der Waals surface area (Å²) in [6.07, 6.45) is 2.52. The van der Waals surface area contributed by atoms with Crippen molar-refractivity contribution < 1.29 is 14.0 Å². The van der Waals surface area contributed by atoms with E-state index in [-0.39, 0.29) is 6.79 Å². The number of aromatic nitrogens is 3. The van der Waals surface area contributed by atoms with Crippen LogP contribution in [0.25, 0.3) is 34.1 Å². The van der Waals surface area contributed by atoms with Gasteiger partial charge in [-0.15, -0.1) is 11.3 Å². The van der Waals surface area contributed by atoms with Crippen LogP contribution in [-0.4, -0.2) is 21.9 Å². The second kappa shape index (κ2) is 6.17. The third-order valence-electron chi connectivity index (χ3n) is 4.91. The van der Waals surface area contributed by atoms with Gasteiger partial charge in [-0.1, -0.05) is 23.4 Å². The fraction of sp³-hybridized carbons (Fsp3) is 0.190. The summed E-state index contributed by atoms with van der Waals surface area (Å²) in [5.74, 6) is 3.08. The van der Waals surface area contributed by atoms with E-state index in [2.05, 4.69) is 27.7 Å². The zero-order valence-corrected chi connectivity index (χ0v) is 15.6. The fourth-order valence-electron chi connectivity index (χ4n) is 3.24. The van der Waals surface area contributed by atoms with Gasteiger partial charge in [0.15, 0.2) is 11.5 Å². The molecule has 0 spiro atoms. The standard InChI is InChI=1S/C21H15N3O3S/c1-2-13(16-10-28-21(22-16)12-4-5-12)8-14(3-1)19-23-20(27-24-19)15-6-7-17-18(9-15)26-11-25-17/h1-3,6-10,12H,4-5,11H2. The van der Waals surface area contributed by atoms with E-state index in [0.29, 0.717) is 23.4 Å². The van der Waals surface area contributed by atoms with Crippen LogP contribution >= 0.6 is 11.3 Å². The maximum Gasteiger partial charge on any atom is 0.258 e. The number of benzene rings is 2. The van der Waals surface area contributed by atoms with E-state index in [1.54, 1.807) is 11.3 Å². The van der Waals surface area contributed by atoms with Gasteiger partial charge in [-0.25, -0.2) is 4.98 Å². The Morgan fingerprint density at radius 1 is 0.893 bits per heavy atom. The Kier molecular flexibility index (Phi) is 3.49. The summed E-state index contributed by atoms with van der Waals surface area (Å²) in [5, 5.41) is 7.53. The quantitative estimate of drug-likeness (QED) is 0.482. The highest BCUT2D eigenvalue weighted by Crippen LogP contribution is 2.42. The van der Waals surface area contributed by atoms with Crippen molar-refractivity contribution in [3.63, 3.8) is 0 Å². The number of nitrogens with zero attached hydrogens (tertiary/aromatic N) is 3. The van der Waals surface area contributed by atoms with Crippen molar-refractivity contribution in [2.75, 3.05) is 6.79 Å². The molecule has 0 unspecified atom stereocenters. The van der Waals surface area contributed by atoms with E-state index in [0.717, 1.165) is 28.1 Å². The van der Waals surface area contributed by atoms with Crippen molar-refractivity contribution in [3.05, 3.63) is 52.9 Å². The minimum Gasteiger partial charge on any atom is -0.454 e. The summed E-state index contributed by atoms with van der Waals surface area (Å²) in [6.45, 7) is 0.236. The Morgan fingerprint density at radius 3 is 2.71 bits per heavy atom. The first kappa shape index (κ1) is 15.8. The molecular weight excluding hydrogens is 374 g/mol. The zero-order chi connectivity index (χ0) is 18.5. The van der Waals surface area contributed by atoms with E-state index in [9.17, 15) is 0 Å². The van der Waals surface area contributed by atoms with Crippen LogP contribution in [0.4, 0.5) is 0 Å². The highest BCUT2D eigenvalue weighted by Gasteiger charge is 2.26. The lowest BCUT2D eigenvalue weighted by atomic mass is 10.1. The lowest BCUT2D eigenvalue weighted by molar-refractivity contribution is 0.174. The van der Waals surface area contributed by atoms with Gasteiger partial charge in [0.05, 0.1) is 10.7 Å². The summed E-state index contributed by atoms with van der Waals surface area (Å²) < 4.78 is 16.3. The molecule has 7 heteroatoms. The molecule has 0 radical (unpaired) electrons. The maximum absolute atomic E-state index is 5.48. The van der Waals surface area contributed by atoms with Crippen molar-refractivity contribution in [2.45, 2.75) is 18.8 Å². The van der Waals surface area contributed by atoms with Crippen LogP contribution in [0.15, 0.2) is 52.4 Å². The van der Waals surface area contributed by atoms with Crippen molar-refractivity contribution in [2.24, 2.45) is 0 Å². The fourth-order valence-corrected chi connectivity index (χ4v) is 4.24. The van der Waals surface area contributed by atoms with Gasteiger partial charge in [-0.2, -0.15) is 4.98 Å². The summed E-state index contributed by atoms with van der Waals surface area (Å²) in [7, 11) is 0. The van der Waals surface area contributed by atoms with E-state index in [1.807, 2.05) is 30.3 Å². The molecule has 4 aromatic rings. The number of hydrogen-bond acceptors (Lipinski definition) is 7. The normalized spacial score (nSPS) is 15.1. The molecule has 2 aliphatic rings. The largest absolute Gasteiger partial charge is 0.454 e. The van der Waals surface area contributed by atoms with Crippen molar-refractivity contribution >= 4 is 11.3 Å². The molecule has 1 aliphatic carbocycles. The summed E-state index contributed by atoms with van der Waals surface area (Å²) in [5.41, 5.74) is 3.77. The smallest absolute Gasteiger partial charge is 0.258 e. The van der Waals surface area contributed by atoms with Gasteiger partial charge in [0.25, 0.3) is 5.89 Å². The Labute approximate surface area is 164 Å². The SMILES string of the molecule is c1cc(-c2csc(C3CC3)n2)cc(-c2noc(-c3ccc4c(c3)OCO4)n2)c1. The molecule has 1 fully saturated rings. The van der Waals surface area contributed by atoms with Crippen LogP contribution in [0.2, 0.25) is 0 Å². The number of ether oxygens (including phenoxy) is 2. The molecular formula is C21H15N3O3S. The molecule has 1 aliphatic heterocycles. The lowest BCUT2D eigenvalue weighted by Crippen LogP contribution is -1.92. The Bertz CT molecular complexity index is 1180. The van der Waals surface area contributed by atoms with Gasteiger partial charge in [-0.3, -0.25) is 0 Å². The number of rotatable bonds is 4. The summed E-state index contributed by atoms with van der Waals surface area (Å²) in [4.78, 5) is 9.35. The molecule has 0 amide bonds. The topological polar surface area (TPSA) is 70.3 Å². The third-order valence-corrected chi connectivity index (χ3v) is 5.92. The average Bonchev–Trinajstić information content (AvgIpc) is 3.17. The molecule has 2 aromatic heterocycles. The minimum atomic E-state index is 0.236. The molecule has 0 saturated heterocycles. The van der Waals surface area contributed by atoms with Gasteiger partial charge >= 0.3 is 0 Å². The predicted octanol–water partition coefficient (Wildman–Crippen LogP) is 5.13. The van der Waals surface area contributed by atoms with Gasteiger partial charge in [0.2, 0.25) is 12.6 Å². The Morgan fingerprint density at radius 2 is 1.79 bits per heavy atom. The first-order chi connectivity index (χ1) is 13.8. The van der Waals surface area contributed by atoms with Crippen LogP contribution in [0, 0.1) is 0 Å². The van der Waals surface area contributed by atoms with Crippen LogP contribution in [0.3, 0.4) is 0 Å². The first-order valence-electron chi connectivity index (χ1n) is 9.13. The van der Waals surface area contributed by atoms with Crippen molar-refractivity contribution in [1.82, 2.24) is 15.1 Å². The molecule has 1 saturated carbocycles. The zero-order valence-electron chi connectivity index (χ0n) is 14.8. The average molecular weight is 389 g/mol. The van der Waals surface area contributed by atoms with Crippen molar-refractivity contribution in [1.29, 1.82) is 0 Å². The number of hydrogen-bond donors (Lipinski definition) is 0. The van der Waals surface area contributed by atoms with Crippen molar-refractivity contribution in [3.8, 4) is 45.6 Å². The summed E-state index contributed by atoms with van der Waals surface area (Å²) >= 11 is 1.74. The number of thiazole rings is 1. The third kappa shape index (κ3) is 2.75. The van der Waals surface area contributed by atoms with Crippen LogP contribution in [0.1, 0.15) is 23.8 Å². The second-order valence-electron chi connectivity index (χ2n) is 6.92. The van der Waals surface area contributed by atoms with Crippen LogP contribution < -0.4 is 9.47 Å². The second-order valence-corrected chi connectivity index (χ2v) is 7.81.